The van der Waals surface area contributed by atoms with Gasteiger partial charge in [-0.15, -0.1) is 0 Å². The fourth-order valence-electron chi connectivity index (χ4n) is 2.22. The van der Waals surface area contributed by atoms with Gasteiger partial charge in [-0.2, -0.15) is 0 Å². The zero-order valence-electron chi connectivity index (χ0n) is 12.4. The number of aliphatic hydroxyl groups is 1. The van der Waals surface area contributed by atoms with Crippen molar-refractivity contribution in [3.63, 3.8) is 0 Å². The summed E-state index contributed by atoms with van der Waals surface area (Å²) in [6.07, 6.45) is 13.8. The van der Waals surface area contributed by atoms with Crippen LogP contribution in [0.1, 0.15) is 91.4 Å². The molecule has 0 aliphatic heterocycles. The lowest BCUT2D eigenvalue weighted by Crippen LogP contribution is -2.05. The topological polar surface area (TPSA) is 20.2 Å². The molecule has 0 amide bonds. The van der Waals surface area contributed by atoms with Crippen LogP contribution in [0, 0.1) is 5.92 Å². The summed E-state index contributed by atoms with van der Waals surface area (Å²) in [7, 11) is 0. The molecule has 1 heteroatoms. The molecule has 0 spiro atoms. The minimum atomic E-state index is -0.0316. The first-order chi connectivity index (χ1) is 8.16. The Hall–Kier alpha value is -0.0400. The summed E-state index contributed by atoms with van der Waals surface area (Å²) in [5, 5.41) is 9.68. The third-order valence-electron chi connectivity index (χ3n) is 3.46. The van der Waals surface area contributed by atoms with E-state index in [-0.39, 0.29) is 6.10 Å². The van der Waals surface area contributed by atoms with Crippen LogP contribution in [-0.2, 0) is 0 Å². The summed E-state index contributed by atoms with van der Waals surface area (Å²) < 4.78 is 0. The summed E-state index contributed by atoms with van der Waals surface area (Å²) >= 11 is 0. The molecule has 1 N–H and O–H groups in total. The number of rotatable bonds is 12. The highest BCUT2D eigenvalue weighted by molar-refractivity contribution is 4.56. The van der Waals surface area contributed by atoms with Crippen molar-refractivity contribution in [1.82, 2.24) is 0 Å². The van der Waals surface area contributed by atoms with Crippen LogP contribution in [0.3, 0.4) is 0 Å². The summed E-state index contributed by atoms with van der Waals surface area (Å²) in [5.41, 5.74) is 0. The molecule has 0 heterocycles. The Kier molecular flexibility index (Phi) is 12.4. The maximum atomic E-state index is 9.68. The summed E-state index contributed by atoms with van der Waals surface area (Å²) in [5.74, 6) is 0.865. The van der Waals surface area contributed by atoms with E-state index in [4.69, 9.17) is 0 Å². The van der Waals surface area contributed by atoms with Crippen molar-refractivity contribution in [3.05, 3.63) is 0 Å². The van der Waals surface area contributed by atoms with Gasteiger partial charge in [-0.1, -0.05) is 78.6 Å². The third kappa shape index (κ3) is 13.9. The van der Waals surface area contributed by atoms with E-state index in [0.717, 1.165) is 18.8 Å². The van der Waals surface area contributed by atoms with Crippen molar-refractivity contribution in [2.24, 2.45) is 5.92 Å². The normalized spacial score (nSPS) is 13.2. The lowest BCUT2D eigenvalue weighted by atomic mass is 10.0. The van der Waals surface area contributed by atoms with Crippen LogP contribution in [0.25, 0.3) is 0 Å². The van der Waals surface area contributed by atoms with Gasteiger partial charge in [0.25, 0.3) is 0 Å². The first kappa shape index (κ1) is 17.0. The summed E-state index contributed by atoms with van der Waals surface area (Å²) in [6.45, 7) is 6.79. The van der Waals surface area contributed by atoms with Crippen molar-refractivity contribution in [3.8, 4) is 0 Å². The van der Waals surface area contributed by atoms with Crippen molar-refractivity contribution < 1.29 is 5.11 Å². The van der Waals surface area contributed by atoms with Gasteiger partial charge in [0.05, 0.1) is 6.10 Å². The summed E-state index contributed by atoms with van der Waals surface area (Å²) in [6, 6.07) is 0. The van der Waals surface area contributed by atoms with Crippen molar-refractivity contribution in [2.45, 2.75) is 97.5 Å². The Morgan fingerprint density at radius 2 is 1.18 bits per heavy atom. The molecule has 0 saturated carbocycles. The van der Waals surface area contributed by atoms with E-state index in [9.17, 15) is 5.11 Å². The van der Waals surface area contributed by atoms with E-state index in [2.05, 4.69) is 20.8 Å². The average molecular weight is 242 g/mol. The summed E-state index contributed by atoms with van der Waals surface area (Å²) in [4.78, 5) is 0. The molecule has 104 valence electrons. The van der Waals surface area contributed by atoms with E-state index in [1.807, 2.05) is 0 Å². The zero-order chi connectivity index (χ0) is 12.9. The van der Waals surface area contributed by atoms with Gasteiger partial charge in [-0.25, -0.2) is 0 Å². The quantitative estimate of drug-likeness (QED) is 0.460. The molecule has 1 atom stereocenters. The Bertz CT molecular complexity index is 142. The second-order valence-corrected chi connectivity index (χ2v) is 5.89. The zero-order valence-corrected chi connectivity index (χ0v) is 12.4. The van der Waals surface area contributed by atoms with E-state index in [1.165, 1.54) is 57.8 Å². The molecular weight excluding hydrogens is 208 g/mol. The molecule has 0 radical (unpaired) electrons. The largest absolute Gasteiger partial charge is 0.393 e. The van der Waals surface area contributed by atoms with Crippen LogP contribution < -0.4 is 0 Å². The van der Waals surface area contributed by atoms with Crippen LogP contribution in [0.5, 0.6) is 0 Å². The van der Waals surface area contributed by atoms with Crippen LogP contribution >= 0.6 is 0 Å². The Labute approximate surface area is 109 Å². The van der Waals surface area contributed by atoms with E-state index < -0.39 is 0 Å². The van der Waals surface area contributed by atoms with E-state index in [0.29, 0.717) is 0 Å². The van der Waals surface area contributed by atoms with Crippen molar-refractivity contribution >= 4 is 0 Å². The minimum absolute atomic E-state index is 0.0316. The molecule has 0 aromatic heterocycles. The first-order valence-corrected chi connectivity index (χ1v) is 7.84. The van der Waals surface area contributed by atoms with Gasteiger partial charge in [0.1, 0.15) is 0 Å². The molecule has 0 fully saturated rings. The SMILES string of the molecule is CCCCC(O)CCCCCCCCC(C)C. The third-order valence-corrected chi connectivity index (χ3v) is 3.46. The first-order valence-electron chi connectivity index (χ1n) is 7.84. The van der Waals surface area contributed by atoms with Gasteiger partial charge >= 0.3 is 0 Å². The fourth-order valence-corrected chi connectivity index (χ4v) is 2.22. The maximum absolute atomic E-state index is 9.68. The van der Waals surface area contributed by atoms with Gasteiger partial charge in [-0.05, 0) is 18.8 Å². The van der Waals surface area contributed by atoms with Crippen LogP contribution in [0.4, 0.5) is 0 Å². The molecule has 0 saturated heterocycles. The molecule has 0 aliphatic rings. The highest BCUT2D eigenvalue weighted by Crippen LogP contribution is 2.14. The molecule has 17 heavy (non-hydrogen) atoms. The second kappa shape index (κ2) is 12.4. The van der Waals surface area contributed by atoms with Gasteiger partial charge in [0.15, 0.2) is 0 Å². The van der Waals surface area contributed by atoms with Crippen LogP contribution in [0.2, 0.25) is 0 Å². The number of hydrogen-bond donors (Lipinski definition) is 1. The molecule has 0 aromatic rings. The Morgan fingerprint density at radius 1 is 0.706 bits per heavy atom. The molecule has 0 bridgehead atoms. The smallest absolute Gasteiger partial charge is 0.0540 e. The predicted octanol–water partition coefficient (Wildman–Crippen LogP) is 5.31. The van der Waals surface area contributed by atoms with E-state index in [1.54, 1.807) is 0 Å². The van der Waals surface area contributed by atoms with Gasteiger partial charge in [0.2, 0.25) is 0 Å². The van der Waals surface area contributed by atoms with Gasteiger partial charge < -0.3 is 5.11 Å². The van der Waals surface area contributed by atoms with E-state index >= 15 is 0 Å². The highest BCUT2D eigenvalue weighted by atomic mass is 16.3. The van der Waals surface area contributed by atoms with Crippen LogP contribution in [0.15, 0.2) is 0 Å². The Balaban J connectivity index is 3.07. The molecule has 1 nitrogen and oxygen atoms in total. The molecule has 1 unspecified atom stereocenters. The fraction of sp³-hybridized carbons (Fsp3) is 1.00. The lowest BCUT2D eigenvalue weighted by molar-refractivity contribution is 0.148. The average Bonchev–Trinajstić information content (AvgIpc) is 2.29. The maximum Gasteiger partial charge on any atom is 0.0540 e. The highest BCUT2D eigenvalue weighted by Gasteiger charge is 2.02. The van der Waals surface area contributed by atoms with Crippen molar-refractivity contribution in [2.75, 3.05) is 0 Å². The van der Waals surface area contributed by atoms with Crippen LogP contribution in [-0.4, -0.2) is 11.2 Å². The molecule has 0 aromatic carbocycles. The minimum Gasteiger partial charge on any atom is -0.393 e. The Morgan fingerprint density at radius 3 is 1.71 bits per heavy atom. The molecule has 0 rings (SSSR count). The lowest BCUT2D eigenvalue weighted by Gasteiger charge is -2.09. The predicted molar refractivity (Wildman–Crippen MR) is 77.3 cm³/mol. The van der Waals surface area contributed by atoms with Crippen molar-refractivity contribution in [1.29, 1.82) is 0 Å². The van der Waals surface area contributed by atoms with Gasteiger partial charge in [0, 0.05) is 0 Å². The molecular formula is C16H34O. The number of unbranched alkanes of at least 4 members (excludes halogenated alkanes) is 6. The second-order valence-electron chi connectivity index (χ2n) is 5.89. The monoisotopic (exact) mass is 242 g/mol. The molecule has 0 aliphatic carbocycles. The number of hydrogen-bond acceptors (Lipinski definition) is 1. The standard InChI is InChI=1S/C16H34O/c1-4-5-13-16(17)14-11-9-7-6-8-10-12-15(2)3/h15-17H,4-14H2,1-3H3. The number of aliphatic hydroxyl groups excluding tert-OH is 1. The van der Waals surface area contributed by atoms with Gasteiger partial charge in [-0.3, -0.25) is 0 Å².